The molecule has 2 aromatic carbocycles. The van der Waals surface area contributed by atoms with E-state index in [4.69, 9.17) is 16.3 Å². The molecule has 3 rings (SSSR count). The van der Waals surface area contributed by atoms with E-state index in [2.05, 4.69) is 5.32 Å². The largest absolute Gasteiger partial charge is 0.455 e. The van der Waals surface area contributed by atoms with Crippen LogP contribution in [0.15, 0.2) is 48.5 Å². The molecule has 2 aromatic rings. The van der Waals surface area contributed by atoms with Crippen LogP contribution in [-0.4, -0.2) is 35.8 Å². The smallest absolute Gasteiger partial charge is 0.311 e. The lowest BCUT2D eigenvalue weighted by Crippen LogP contribution is -2.28. The highest BCUT2D eigenvalue weighted by atomic mass is 35.5. The van der Waals surface area contributed by atoms with Gasteiger partial charge in [-0.25, -0.2) is 0 Å². The number of nitrogens with zero attached hydrogens (tertiary/aromatic N) is 1. The molecule has 0 aromatic heterocycles. The van der Waals surface area contributed by atoms with E-state index in [0.29, 0.717) is 17.3 Å². The van der Waals surface area contributed by atoms with Gasteiger partial charge in [0.1, 0.15) is 0 Å². The van der Waals surface area contributed by atoms with Crippen molar-refractivity contribution in [2.45, 2.75) is 19.9 Å². The molecule has 6 nitrogen and oxygen atoms in total. The summed E-state index contributed by atoms with van der Waals surface area (Å²) in [6.45, 7) is 2.13. The zero-order chi connectivity index (χ0) is 20.1. The first-order valence-corrected chi connectivity index (χ1v) is 9.34. The first-order chi connectivity index (χ1) is 13.4. The minimum Gasteiger partial charge on any atom is -0.455 e. The third-order valence-corrected chi connectivity index (χ3v) is 4.88. The van der Waals surface area contributed by atoms with Crippen LogP contribution in [0.4, 0.5) is 5.69 Å². The predicted molar refractivity (Wildman–Crippen MR) is 106 cm³/mol. The SMILES string of the molecule is Cc1cccc(NC(=O)COC(=O)[C@H]2CC(=O)N(Cc3ccccc3Cl)C2)c1. The van der Waals surface area contributed by atoms with Gasteiger partial charge in [0, 0.05) is 30.2 Å². The van der Waals surface area contributed by atoms with Crippen molar-refractivity contribution in [3.63, 3.8) is 0 Å². The van der Waals surface area contributed by atoms with Crippen molar-refractivity contribution >= 4 is 35.1 Å². The Hall–Kier alpha value is -2.86. The molecule has 1 aliphatic rings. The lowest BCUT2D eigenvalue weighted by molar-refractivity contribution is -0.151. The number of esters is 1. The Morgan fingerprint density at radius 3 is 2.75 bits per heavy atom. The van der Waals surface area contributed by atoms with Gasteiger partial charge in [-0.2, -0.15) is 0 Å². The topological polar surface area (TPSA) is 75.7 Å². The average Bonchev–Trinajstić information content (AvgIpc) is 3.02. The number of benzene rings is 2. The van der Waals surface area contributed by atoms with Gasteiger partial charge in [-0.05, 0) is 36.2 Å². The van der Waals surface area contributed by atoms with Gasteiger partial charge in [0.05, 0.1) is 5.92 Å². The summed E-state index contributed by atoms with van der Waals surface area (Å²) in [6, 6.07) is 14.6. The number of rotatable bonds is 6. The number of ether oxygens (including phenoxy) is 1. The van der Waals surface area contributed by atoms with Gasteiger partial charge in [0.2, 0.25) is 5.91 Å². The van der Waals surface area contributed by atoms with E-state index < -0.39 is 17.8 Å². The maximum atomic E-state index is 12.3. The highest BCUT2D eigenvalue weighted by molar-refractivity contribution is 6.31. The van der Waals surface area contributed by atoms with Gasteiger partial charge in [-0.1, -0.05) is 41.9 Å². The molecule has 1 fully saturated rings. The number of carbonyl (C=O) groups excluding carboxylic acids is 3. The first kappa shape index (κ1) is 19.9. The van der Waals surface area contributed by atoms with E-state index in [1.807, 2.05) is 43.3 Å². The van der Waals surface area contributed by atoms with Crippen molar-refractivity contribution in [2.24, 2.45) is 5.92 Å². The summed E-state index contributed by atoms with van der Waals surface area (Å²) >= 11 is 6.14. The summed E-state index contributed by atoms with van der Waals surface area (Å²) in [4.78, 5) is 38.0. The van der Waals surface area contributed by atoms with Crippen molar-refractivity contribution in [1.29, 1.82) is 0 Å². The van der Waals surface area contributed by atoms with E-state index >= 15 is 0 Å². The minimum absolute atomic E-state index is 0.0722. The average molecular weight is 401 g/mol. The van der Waals surface area contributed by atoms with Crippen molar-refractivity contribution in [3.05, 3.63) is 64.7 Å². The minimum atomic E-state index is -0.582. The third-order valence-electron chi connectivity index (χ3n) is 4.51. The molecule has 0 aliphatic carbocycles. The molecule has 0 radical (unpaired) electrons. The molecule has 0 unspecified atom stereocenters. The molecule has 1 heterocycles. The molecule has 1 atom stereocenters. The van der Waals surface area contributed by atoms with Crippen LogP contribution < -0.4 is 5.32 Å². The van der Waals surface area contributed by atoms with Crippen LogP contribution in [0.1, 0.15) is 17.5 Å². The number of carbonyl (C=O) groups is 3. The molecular formula is C21H21ClN2O4. The van der Waals surface area contributed by atoms with Gasteiger partial charge in [-0.3, -0.25) is 14.4 Å². The molecule has 146 valence electrons. The zero-order valence-corrected chi connectivity index (χ0v) is 16.2. The number of aryl methyl sites for hydroxylation is 1. The van der Waals surface area contributed by atoms with Crippen LogP contribution in [0.2, 0.25) is 5.02 Å². The standard InChI is InChI=1S/C21H21ClN2O4/c1-14-5-4-7-17(9-14)23-19(25)13-28-21(27)16-10-20(26)24(12-16)11-15-6-2-3-8-18(15)22/h2-9,16H,10-13H2,1H3,(H,23,25)/t16-/m0/s1. The fourth-order valence-corrected chi connectivity index (χ4v) is 3.29. The van der Waals surface area contributed by atoms with Crippen molar-refractivity contribution < 1.29 is 19.1 Å². The number of nitrogens with one attached hydrogen (secondary N) is 1. The van der Waals surface area contributed by atoms with Crippen LogP contribution in [0.3, 0.4) is 0 Å². The molecule has 1 saturated heterocycles. The molecular weight excluding hydrogens is 380 g/mol. The Bertz CT molecular complexity index is 899. The number of likely N-dealkylation sites (tertiary alicyclic amines) is 1. The number of hydrogen-bond donors (Lipinski definition) is 1. The highest BCUT2D eigenvalue weighted by Gasteiger charge is 2.35. The van der Waals surface area contributed by atoms with Gasteiger partial charge >= 0.3 is 5.97 Å². The monoisotopic (exact) mass is 400 g/mol. The Morgan fingerprint density at radius 1 is 1.21 bits per heavy atom. The Labute approximate surface area is 168 Å². The van der Waals surface area contributed by atoms with Crippen molar-refractivity contribution in [1.82, 2.24) is 4.90 Å². The lowest BCUT2D eigenvalue weighted by Gasteiger charge is -2.17. The second kappa shape index (κ2) is 8.89. The van der Waals surface area contributed by atoms with Gasteiger partial charge in [0.15, 0.2) is 6.61 Å². The van der Waals surface area contributed by atoms with Gasteiger partial charge in [0.25, 0.3) is 5.91 Å². The van der Waals surface area contributed by atoms with Gasteiger partial charge in [-0.15, -0.1) is 0 Å². The maximum absolute atomic E-state index is 12.3. The van der Waals surface area contributed by atoms with E-state index in [1.54, 1.807) is 17.0 Å². The van der Waals surface area contributed by atoms with Crippen LogP contribution in [0.25, 0.3) is 0 Å². The Morgan fingerprint density at radius 2 is 2.00 bits per heavy atom. The summed E-state index contributed by atoms with van der Waals surface area (Å²) < 4.78 is 5.10. The normalized spacial score (nSPS) is 16.1. The summed E-state index contributed by atoms with van der Waals surface area (Å²) in [5.74, 6) is -1.68. The molecule has 2 amide bonds. The predicted octanol–water partition coefficient (Wildman–Crippen LogP) is 3.18. The molecule has 28 heavy (non-hydrogen) atoms. The van der Waals surface area contributed by atoms with Crippen LogP contribution in [-0.2, 0) is 25.7 Å². The number of anilines is 1. The summed E-state index contributed by atoms with van der Waals surface area (Å²) in [5, 5.41) is 3.25. The van der Waals surface area contributed by atoms with Crippen molar-refractivity contribution in [2.75, 3.05) is 18.5 Å². The third kappa shape index (κ3) is 5.10. The molecule has 0 bridgehead atoms. The fraction of sp³-hybridized carbons (Fsp3) is 0.286. The van der Waals surface area contributed by atoms with Crippen LogP contribution in [0, 0.1) is 12.8 Å². The second-order valence-electron chi connectivity index (χ2n) is 6.79. The number of amides is 2. The summed E-state index contributed by atoms with van der Waals surface area (Å²) in [6.07, 6.45) is 0.0722. The van der Waals surface area contributed by atoms with Crippen LogP contribution in [0.5, 0.6) is 0 Å². The highest BCUT2D eigenvalue weighted by Crippen LogP contribution is 2.24. The van der Waals surface area contributed by atoms with E-state index in [0.717, 1.165) is 11.1 Å². The molecule has 1 N–H and O–H groups in total. The molecule has 0 saturated carbocycles. The number of hydrogen-bond acceptors (Lipinski definition) is 4. The molecule has 7 heteroatoms. The first-order valence-electron chi connectivity index (χ1n) is 8.96. The Kier molecular flexibility index (Phi) is 6.31. The molecule has 1 aliphatic heterocycles. The number of halogens is 1. The van der Waals surface area contributed by atoms with E-state index in [1.165, 1.54) is 0 Å². The van der Waals surface area contributed by atoms with Gasteiger partial charge < -0.3 is 15.0 Å². The summed E-state index contributed by atoms with van der Waals surface area (Å²) in [7, 11) is 0. The van der Waals surface area contributed by atoms with E-state index in [9.17, 15) is 14.4 Å². The Balaban J connectivity index is 1.49. The molecule has 0 spiro atoms. The zero-order valence-electron chi connectivity index (χ0n) is 15.5. The fourth-order valence-electron chi connectivity index (χ4n) is 3.09. The van der Waals surface area contributed by atoms with E-state index in [-0.39, 0.29) is 25.5 Å². The lowest BCUT2D eigenvalue weighted by atomic mass is 10.1. The maximum Gasteiger partial charge on any atom is 0.311 e. The summed E-state index contributed by atoms with van der Waals surface area (Å²) in [5.41, 5.74) is 2.48. The van der Waals surface area contributed by atoms with Crippen molar-refractivity contribution in [3.8, 4) is 0 Å². The quantitative estimate of drug-likeness (QED) is 0.755. The van der Waals surface area contributed by atoms with Crippen LogP contribution >= 0.6 is 11.6 Å². The second-order valence-corrected chi connectivity index (χ2v) is 7.20.